The Labute approximate surface area is 271 Å². The number of aromatic hydroxyl groups is 1. The van der Waals surface area contributed by atoms with E-state index in [-0.39, 0.29) is 55.8 Å². The molecule has 0 aromatic heterocycles. The number of hydrogen-bond donors (Lipinski definition) is 3. The highest BCUT2D eigenvalue weighted by molar-refractivity contribution is 7.93. The Bertz CT molecular complexity index is 2180. The Morgan fingerprint density at radius 3 is 2.13 bits per heavy atom. The fourth-order valence-corrected chi connectivity index (χ4v) is 7.60. The third-order valence-corrected chi connectivity index (χ3v) is 11.2. The zero-order chi connectivity index (χ0) is 33.3. The highest BCUT2D eigenvalue weighted by atomic mass is 35.5. The number of rotatable bonds is 11. The molecule has 1 atom stereocenters. The number of azo groups is 1. The normalized spacial score (nSPS) is 13.1. The molecule has 0 radical (unpaired) electrons. The third-order valence-electron chi connectivity index (χ3n) is 6.82. The van der Waals surface area contributed by atoms with Gasteiger partial charge < -0.3 is 10.4 Å². The van der Waals surface area contributed by atoms with Crippen molar-refractivity contribution in [2.75, 3.05) is 25.1 Å². The lowest BCUT2D eigenvalue weighted by molar-refractivity contribution is -0.385. The molecule has 0 bridgehead atoms. The van der Waals surface area contributed by atoms with Crippen LogP contribution < -0.4 is 10.0 Å². The maximum absolute atomic E-state index is 13.5. The monoisotopic (exact) mass is 712 g/mol. The number of non-ortho nitro benzene ring substituents is 1. The second-order valence-electron chi connectivity index (χ2n) is 9.78. The lowest BCUT2D eigenvalue weighted by Gasteiger charge is -2.24. The summed E-state index contributed by atoms with van der Waals surface area (Å²) in [6, 6.07) is 14.7. The minimum atomic E-state index is -4.42. The number of phenolic OH excluding ortho intramolecular Hbond substituents is 1. The molecular weight excluding hydrogens is 684 g/mol. The van der Waals surface area contributed by atoms with Crippen LogP contribution in [0.3, 0.4) is 0 Å². The largest absolute Gasteiger partial charge is 0.507 e. The number of hydrogen-bond acceptors (Lipinski definition) is 12. The number of nitro groups is 1. The number of anilines is 1. The summed E-state index contributed by atoms with van der Waals surface area (Å²) in [5.41, 5.74) is -0.726. The molecule has 0 saturated heterocycles. The maximum Gasteiger partial charge on any atom is 0.270 e. The first-order valence-corrected chi connectivity index (χ1v) is 17.7. The van der Waals surface area contributed by atoms with Crippen LogP contribution in [0.25, 0.3) is 10.8 Å². The van der Waals surface area contributed by atoms with Crippen molar-refractivity contribution in [2.24, 2.45) is 10.2 Å². The number of sulfonamides is 2. The first-order chi connectivity index (χ1) is 21.0. The van der Waals surface area contributed by atoms with Crippen molar-refractivity contribution >= 4 is 75.8 Å². The van der Waals surface area contributed by atoms with Gasteiger partial charge in [0.2, 0.25) is 10.0 Å². The number of benzene rings is 4. The van der Waals surface area contributed by atoms with E-state index in [0.29, 0.717) is 0 Å². The van der Waals surface area contributed by atoms with Crippen molar-refractivity contribution in [1.82, 2.24) is 9.62 Å². The maximum atomic E-state index is 13.5. The molecule has 0 heterocycles. The SMILES string of the molecule is CNC(C)N(C)S(=O)(=O)c1cccc(S(=O)(=O)Nc2cccc3c(O)ccc(/N=N/c4ccc([N+](=O)[O-])cc4S(C)(=O)=O)c23)c1.Cl. The molecule has 4 aromatic rings. The number of sulfone groups is 1. The Hall–Kier alpha value is -4.20. The van der Waals surface area contributed by atoms with Crippen molar-refractivity contribution < 1.29 is 35.3 Å². The van der Waals surface area contributed by atoms with Gasteiger partial charge in [0.25, 0.3) is 15.7 Å². The summed E-state index contributed by atoms with van der Waals surface area (Å²) in [4.78, 5) is 9.35. The van der Waals surface area contributed by atoms with Gasteiger partial charge in [-0.05, 0) is 56.4 Å². The van der Waals surface area contributed by atoms with Gasteiger partial charge in [0, 0.05) is 36.2 Å². The molecule has 19 heteroatoms. The smallest absolute Gasteiger partial charge is 0.270 e. The van der Waals surface area contributed by atoms with Gasteiger partial charge in [0.15, 0.2) is 9.84 Å². The van der Waals surface area contributed by atoms with E-state index in [1.807, 2.05) is 0 Å². The Balaban J connectivity index is 0.00000576. The lowest BCUT2D eigenvalue weighted by Crippen LogP contribution is -2.42. The molecule has 4 aromatic carbocycles. The molecule has 0 aliphatic rings. The molecule has 4 rings (SSSR count). The van der Waals surface area contributed by atoms with Gasteiger partial charge in [-0.2, -0.15) is 4.31 Å². The van der Waals surface area contributed by atoms with Crippen LogP contribution in [0.15, 0.2) is 97.7 Å². The molecule has 1 unspecified atom stereocenters. The summed E-state index contributed by atoms with van der Waals surface area (Å²) < 4.78 is 81.4. The zero-order valence-corrected chi connectivity index (χ0v) is 27.9. The van der Waals surface area contributed by atoms with E-state index in [1.54, 1.807) is 14.0 Å². The number of phenols is 1. The summed E-state index contributed by atoms with van der Waals surface area (Å²) >= 11 is 0. The van der Waals surface area contributed by atoms with E-state index in [2.05, 4.69) is 20.3 Å². The van der Waals surface area contributed by atoms with Gasteiger partial charge in [0.05, 0.1) is 32.3 Å². The highest BCUT2D eigenvalue weighted by Crippen LogP contribution is 2.40. The van der Waals surface area contributed by atoms with Crippen molar-refractivity contribution in [2.45, 2.75) is 27.8 Å². The quantitative estimate of drug-likeness (QED) is 0.0844. The van der Waals surface area contributed by atoms with Gasteiger partial charge in [0.1, 0.15) is 16.3 Å². The van der Waals surface area contributed by atoms with E-state index < -0.39 is 51.6 Å². The topological polar surface area (TPSA) is 218 Å². The van der Waals surface area contributed by atoms with Gasteiger partial charge in [-0.1, -0.05) is 18.2 Å². The number of halogens is 1. The van der Waals surface area contributed by atoms with Crippen LogP contribution in [-0.2, 0) is 29.9 Å². The second-order valence-corrected chi connectivity index (χ2v) is 15.4. The predicted octanol–water partition coefficient (Wildman–Crippen LogP) is 4.68. The third kappa shape index (κ3) is 7.43. The predicted molar refractivity (Wildman–Crippen MR) is 174 cm³/mol. The van der Waals surface area contributed by atoms with Crippen molar-refractivity contribution in [3.8, 4) is 5.75 Å². The summed E-state index contributed by atoms with van der Waals surface area (Å²) in [5, 5.41) is 32.8. The highest BCUT2D eigenvalue weighted by Gasteiger charge is 2.27. The fraction of sp³-hybridized carbons (Fsp3) is 0.185. The van der Waals surface area contributed by atoms with Crippen molar-refractivity contribution in [3.63, 3.8) is 0 Å². The van der Waals surface area contributed by atoms with Crippen LogP contribution in [0.4, 0.5) is 22.7 Å². The zero-order valence-electron chi connectivity index (χ0n) is 24.6. The Kier molecular flexibility index (Phi) is 10.8. The molecule has 0 spiro atoms. The standard InChI is InChI=1S/C27H28N6O9S3.ClH/c1-17(28-2)32(3)45(41,42)20-8-5-7-19(16-20)44(39,40)31-24-10-6-9-21-25(34)14-13-23(27(21)24)30-29-22-12-11-18(33(35)36)15-26(22)43(4,37)38;/h5-17,28,31,34H,1-4H3;1H/b30-29+;. The lowest BCUT2D eigenvalue weighted by atomic mass is 10.1. The van der Waals surface area contributed by atoms with E-state index in [9.17, 15) is 40.5 Å². The van der Waals surface area contributed by atoms with Crippen LogP contribution in [0.5, 0.6) is 5.75 Å². The van der Waals surface area contributed by atoms with E-state index in [1.165, 1.54) is 55.6 Å². The number of fused-ring (bicyclic) bond motifs is 1. The van der Waals surface area contributed by atoms with E-state index in [4.69, 9.17) is 0 Å². The summed E-state index contributed by atoms with van der Waals surface area (Å²) in [6.45, 7) is 1.62. The molecule has 46 heavy (non-hydrogen) atoms. The molecule has 0 aliphatic carbocycles. The summed E-state index contributed by atoms with van der Waals surface area (Å²) in [6.07, 6.45) is 0.275. The van der Waals surface area contributed by atoms with Crippen molar-refractivity contribution in [1.29, 1.82) is 0 Å². The average Bonchev–Trinajstić information content (AvgIpc) is 2.99. The van der Waals surface area contributed by atoms with Gasteiger partial charge in [-0.25, -0.2) is 25.3 Å². The second kappa shape index (κ2) is 13.7. The molecule has 246 valence electrons. The van der Waals surface area contributed by atoms with E-state index in [0.717, 1.165) is 34.8 Å². The van der Waals surface area contributed by atoms with Crippen LogP contribution in [0.1, 0.15) is 6.92 Å². The van der Waals surface area contributed by atoms with Gasteiger partial charge in [-0.3, -0.25) is 14.8 Å². The number of nitrogens with zero attached hydrogens (tertiary/aromatic N) is 4. The number of nitrogens with one attached hydrogen (secondary N) is 2. The van der Waals surface area contributed by atoms with E-state index >= 15 is 0 Å². The molecule has 3 N–H and O–H groups in total. The number of nitro benzene ring substituents is 1. The van der Waals surface area contributed by atoms with Crippen LogP contribution in [0, 0.1) is 10.1 Å². The van der Waals surface area contributed by atoms with Gasteiger partial charge >= 0.3 is 0 Å². The minimum Gasteiger partial charge on any atom is -0.507 e. The molecule has 0 saturated carbocycles. The van der Waals surface area contributed by atoms with Crippen LogP contribution >= 0.6 is 12.4 Å². The molecule has 15 nitrogen and oxygen atoms in total. The molecule has 0 amide bonds. The molecule has 0 fully saturated rings. The van der Waals surface area contributed by atoms with Gasteiger partial charge in [-0.15, -0.1) is 22.6 Å². The minimum absolute atomic E-state index is 0. The van der Waals surface area contributed by atoms with Crippen LogP contribution in [0.2, 0.25) is 0 Å². The average molecular weight is 713 g/mol. The molecule has 0 aliphatic heterocycles. The first kappa shape index (κ1) is 36.3. The fourth-order valence-electron chi connectivity index (χ4n) is 4.21. The van der Waals surface area contributed by atoms with Crippen molar-refractivity contribution in [3.05, 3.63) is 82.9 Å². The molecular formula is C27H29ClN6O9S3. The Morgan fingerprint density at radius 1 is 0.891 bits per heavy atom. The van der Waals surface area contributed by atoms with Crippen LogP contribution in [-0.4, -0.2) is 66.1 Å². The summed E-state index contributed by atoms with van der Waals surface area (Å²) in [5.74, 6) is -0.230. The summed E-state index contributed by atoms with van der Waals surface area (Å²) in [7, 11) is -9.53. The first-order valence-electron chi connectivity index (χ1n) is 12.9. The Morgan fingerprint density at radius 2 is 1.50 bits per heavy atom.